The normalized spacial score (nSPS) is 10.8. The number of aromatic hydroxyl groups is 2. The fourth-order valence-electron chi connectivity index (χ4n) is 2.12. The van der Waals surface area contributed by atoms with Gasteiger partial charge in [0.2, 0.25) is 5.82 Å². The van der Waals surface area contributed by atoms with Gasteiger partial charge in [-0.3, -0.25) is 0 Å². The third-order valence-electron chi connectivity index (χ3n) is 3.46. The topological polar surface area (TPSA) is 66.8 Å². The molecule has 0 bridgehead atoms. The van der Waals surface area contributed by atoms with Crippen LogP contribution in [0.25, 0.3) is 0 Å². The zero-order valence-corrected chi connectivity index (χ0v) is 13.0. The van der Waals surface area contributed by atoms with Gasteiger partial charge in [0.05, 0.1) is 6.61 Å². The molecule has 1 aromatic rings. The first-order valence-corrected chi connectivity index (χ1v) is 7.67. The van der Waals surface area contributed by atoms with Gasteiger partial charge in [0.1, 0.15) is 5.56 Å². The third-order valence-corrected chi connectivity index (χ3v) is 3.46. The Hall–Kier alpha value is -1.92. The van der Waals surface area contributed by atoms with Gasteiger partial charge in [-0.05, 0) is 6.42 Å². The lowest BCUT2D eigenvalue weighted by atomic mass is 10.1. The summed E-state index contributed by atoms with van der Waals surface area (Å²) in [5.41, 5.74) is -1.20. The van der Waals surface area contributed by atoms with E-state index < -0.39 is 40.5 Å². The van der Waals surface area contributed by atoms with Crippen molar-refractivity contribution in [2.45, 2.75) is 51.9 Å². The molecule has 1 aromatic carbocycles. The van der Waals surface area contributed by atoms with Crippen LogP contribution in [0.3, 0.4) is 0 Å². The number of phenols is 2. The van der Waals surface area contributed by atoms with Crippen LogP contribution in [0.2, 0.25) is 0 Å². The van der Waals surface area contributed by atoms with Crippen molar-refractivity contribution >= 4 is 5.97 Å². The molecule has 0 spiro atoms. The number of hydrogen-bond donors (Lipinski definition) is 2. The predicted octanol–water partition coefficient (Wildman–Crippen LogP) is 4.42. The van der Waals surface area contributed by atoms with Crippen molar-refractivity contribution in [2.75, 3.05) is 6.61 Å². The fourth-order valence-corrected chi connectivity index (χ4v) is 2.12. The fraction of sp³-hybridized carbons (Fsp3) is 0.562. The number of hydrogen-bond acceptors (Lipinski definition) is 4. The minimum absolute atomic E-state index is 0.0365. The summed E-state index contributed by atoms with van der Waals surface area (Å²) < 4.78 is 44.4. The Labute approximate surface area is 132 Å². The van der Waals surface area contributed by atoms with Gasteiger partial charge in [0, 0.05) is 0 Å². The van der Waals surface area contributed by atoms with Crippen molar-refractivity contribution < 1.29 is 32.9 Å². The summed E-state index contributed by atoms with van der Waals surface area (Å²) in [5.74, 6) is -10.1. The molecule has 23 heavy (non-hydrogen) atoms. The first-order chi connectivity index (χ1) is 10.9. The Balaban J connectivity index is 2.50. The summed E-state index contributed by atoms with van der Waals surface area (Å²) >= 11 is 0. The molecular formula is C16H21F3O4. The molecule has 0 aliphatic rings. The number of halogens is 3. The van der Waals surface area contributed by atoms with E-state index in [1.165, 1.54) is 6.42 Å². The second kappa shape index (κ2) is 9.27. The molecular weight excluding hydrogens is 313 g/mol. The van der Waals surface area contributed by atoms with Crippen molar-refractivity contribution in [1.29, 1.82) is 0 Å². The van der Waals surface area contributed by atoms with Gasteiger partial charge in [-0.1, -0.05) is 45.4 Å². The molecule has 0 aromatic heterocycles. The lowest BCUT2D eigenvalue weighted by Gasteiger charge is -2.10. The smallest absolute Gasteiger partial charge is 0.345 e. The molecule has 0 aliphatic carbocycles. The number of rotatable bonds is 9. The van der Waals surface area contributed by atoms with Gasteiger partial charge in [-0.2, -0.15) is 4.39 Å². The van der Waals surface area contributed by atoms with Crippen LogP contribution in [0.1, 0.15) is 62.2 Å². The largest absolute Gasteiger partial charge is 0.504 e. The lowest BCUT2D eigenvalue weighted by molar-refractivity contribution is 0.0486. The number of benzene rings is 1. The minimum atomic E-state index is -2.04. The summed E-state index contributed by atoms with van der Waals surface area (Å²) in [5, 5.41) is 18.5. The summed E-state index contributed by atoms with van der Waals surface area (Å²) in [6.45, 7) is 2.08. The third kappa shape index (κ3) is 5.04. The van der Waals surface area contributed by atoms with E-state index in [2.05, 4.69) is 6.92 Å². The first-order valence-electron chi connectivity index (χ1n) is 7.67. The number of carbonyl (C=O) groups excluding carboxylic acids is 1. The van der Waals surface area contributed by atoms with Crippen molar-refractivity contribution in [3.8, 4) is 11.5 Å². The Morgan fingerprint density at radius 1 is 0.870 bits per heavy atom. The zero-order chi connectivity index (χ0) is 17.4. The Bertz CT molecular complexity index is 518. The van der Waals surface area contributed by atoms with Crippen LogP contribution in [0.4, 0.5) is 13.2 Å². The lowest BCUT2D eigenvalue weighted by Crippen LogP contribution is -2.11. The maximum absolute atomic E-state index is 13.5. The van der Waals surface area contributed by atoms with Crippen LogP contribution < -0.4 is 0 Å². The van der Waals surface area contributed by atoms with Crippen LogP contribution in [0.5, 0.6) is 11.5 Å². The average Bonchev–Trinajstić information content (AvgIpc) is 2.53. The van der Waals surface area contributed by atoms with Crippen molar-refractivity contribution in [2.24, 2.45) is 0 Å². The Morgan fingerprint density at radius 2 is 1.43 bits per heavy atom. The van der Waals surface area contributed by atoms with Gasteiger partial charge >= 0.3 is 5.97 Å². The van der Waals surface area contributed by atoms with E-state index in [0.29, 0.717) is 6.42 Å². The first kappa shape index (κ1) is 19.1. The molecule has 0 aliphatic heterocycles. The molecule has 0 saturated heterocycles. The van der Waals surface area contributed by atoms with E-state index in [1.807, 2.05) is 0 Å². The van der Waals surface area contributed by atoms with Gasteiger partial charge in [-0.15, -0.1) is 0 Å². The van der Waals surface area contributed by atoms with Gasteiger partial charge in [-0.25, -0.2) is 13.6 Å². The molecule has 4 nitrogen and oxygen atoms in total. The summed E-state index contributed by atoms with van der Waals surface area (Å²) in [6.07, 6.45) is 6.87. The molecule has 0 saturated carbocycles. The molecule has 0 atom stereocenters. The average molecular weight is 334 g/mol. The van der Waals surface area contributed by atoms with Gasteiger partial charge in [0.15, 0.2) is 23.1 Å². The zero-order valence-electron chi connectivity index (χ0n) is 13.0. The SMILES string of the molecule is CCCCCCCCCOC(=O)c1c(O)c(O)c(F)c(F)c1F. The highest BCUT2D eigenvalue weighted by Gasteiger charge is 2.29. The van der Waals surface area contributed by atoms with E-state index in [9.17, 15) is 23.1 Å². The summed E-state index contributed by atoms with van der Waals surface area (Å²) in [7, 11) is 0. The monoisotopic (exact) mass is 334 g/mol. The molecule has 0 amide bonds. The summed E-state index contributed by atoms with van der Waals surface area (Å²) in [4.78, 5) is 11.7. The van der Waals surface area contributed by atoms with Crippen LogP contribution in [-0.2, 0) is 4.74 Å². The molecule has 130 valence electrons. The molecule has 0 unspecified atom stereocenters. The quantitative estimate of drug-likeness (QED) is 0.304. The van der Waals surface area contributed by atoms with E-state index in [-0.39, 0.29) is 6.61 Å². The van der Waals surface area contributed by atoms with Crippen molar-refractivity contribution in [3.63, 3.8) is 0 Å². The Morgan fingerprint density at radius 3 is 2.04 bits per heavy atom. The standard InChI is InChI=1S/C16H21F3O4/c1-2-3-4-5-6-7-8-9-23-16(22)10-11(17)12(18)13(19)15(21)14(10)20/h20-21H,2-9H2,1H3. The number of unbranched alkanes of at least 4 members (excludes halogenated alkanes) is 6. The molecule has 7 heteroatoms. The molecule has 0 fully saturated rings. The highest BCUT2D eigenvalue weighted by Crippen LogP contribution is 2.36. The van der Waals surface area contributed by atoms with Crippen molar-refractivity contribution in [1.82, 2.24) is 0 Å². The van der Waals surface area contributed by atoms with Crippen LogP contribution in [0.15, 0.2) is 0 Å². The maximum atomic E-state index is 13.5. The van der Waals surface area contributed by atoms with Crippen LogP contribution in [0, 0.1) is 17.5 Å². The maximum Gasteiger partial charge on any atom is 0.345 e. The van der Waals surface area contributed by atoms with E-state index in [0.717, 1.165) is 32.1 Å². The van der Waals surface area contributed by atoms with Gasteiger partial charge < -0.3 is 14.9 Å². The molecule has 0 radical (unpaired) electrons. The number of phenolic OH excluding ortho intramolecular Hbond substituents is 2. The molecule has 0 heterocycles. The van der Waals surface area contributed by atoms with Gasteiger partial charge in [0.25, 0.3) is 0 Å². The van der Waals surface area contributed by atoms with E-state index in [4.69, 9.17) is 9.84 Å². The Kier molecular flexibility index (Phi) is 7.71. The predicted molar refractivity (Wildman–Crippen MR) is 77.9 cm³/mol. The summed E-state index contributed by atoms with van der Waals surface area (Å²) in [6, 6.07) is 0. The second-order valence-corrected chi connectivity index (χ2v) is 5.27. The van der Waals surface area contributed by atoms with Crippen molar-refractivity contribution in [3.05, 3.63) is 23.0 Å². The second-order valence-electron chi connectivity index (χ2n) is 5.27. The number of ether oxygens (including phenoxy) is 1. The molecule has 2 N–H and O–H groups in total. The minimum Gasteiger partial charge on any atom is -0.504 e. The highest BCUT2D eigenvalue weighted by molar-refractivity contribution is 5.93. The highest BCUT2D eigenvalue weighted by atomic mass is 19.2. The van der Waals surface area contributed by atoms with Crippen LogP contribution in [-0.4, -0.2) is 22.8 Å². The number of esters is 1. The van der Waals surface area contributed by atoms with Crippen LogP contribution >= 0.6 is 0 Å². The molecule has 1 rings (SSSR count). The van der Waals surface area contributed by atoms with E-state index >= 15 is 0 Å². The van der Waals surface area contributed by atoms with E-state index in [1.54, 1.807) is 0 Å². The number of carbonyl (C=O) groups is 1.